The van der Waals surface area contributed by atoms with Gasteiger partial charge in [-0.25, -0.2) is 0 Å². The van der Waals surface area contributed by atoms with E-state index in [4.69, 9.17) is 0 Å². The molecular weight excluding hydrogens is 376 g/mol. The highest BCUT2D eigenvalue weighted by Crippen LogP contribution is 2.26. The lowest BCUT2D eigenvalue weighted by molar-refractivity contribution is 0.869. The number of rotatable bonds is 2. The lowest BCUT2D eigenvalue weighted by Crippen LogP contribution is -1.84. The van der Waals surface area contributed by atoms with Gasteiger partial charge in [-0.05, 0) is 68.8 Å². The molecule has 2 aromatic heterocycles. The van der Waals surface area contributed by atoms with Crippen molar-refractivity contribution in [2.75, 3.05) is 0 Å². The van der Waals surface area contributed by atoms with Gasteiger partial charge in [-0.3, -0.25) is 0 Å². The summed E-state index contributed by atoms with van der Waals surface area (Å²) in [5.41, 5.74) is 2.87. The van der Waals surface area contributed by atoms with E-state index in [1.807, 2.05) is 50.4 Å². The molecule has 2 heterocycles. The summed E-state index contributed by atoms with van der Waals surface area (Å²) in [5.74, 6) is 1.27. The molecule has 2 aromatic carbocycles. The standard InChI is InChI=1S/2C11H12S.2C2H6/c1-8(2)9-3-4-11-10(7-9)5-6-12-11;1-8(2)10-4-3-9-5-6-12-11(9)7-10;2*1-2/h2*3-8H,1-2H3;2*1-2H3. The Morgan fingerprint density at radius 1 is 0.536 bits per heavy atom. The molecule has 2 heteroatoms. The molecule has 0 amide bonds. The summed E-state index contributed by atoms with van der Waals surface area (Å²) in [6.45, 7) is 16.9. The van der Waals surface area contributed by atoms with E-state index in [1.54, 1.807) is 0 Å². The van der Waals surface area contributed by atoms with Gasteiger partial charge >= 0.3 is 0 Å². The van der Waals surface area contributed by atoms with Crippen LogP contribution in [0.3, 0.4) is 0 Å². The quantitative estimate of drug-likeness (QED) is 0.307. The lowest BCUT2D eigenvalue weighted by atomic mass is 10.0. The SMILES string of the molecule is CC.CC.CC(C)c1ccc2ccsc2c1.CC(C)c1ccc2sccc2c1. The zero-order valence-electron chi connectivity index (χ0n) is 18.7. The molecule has 0 unspecified atom stereocenters. The van der Waals surface area contributed by atoms with Crippen LogP contribution >= 0.6 is 22.7 Å². The Morgan fingerprint density at radius 2 is 1.04 bits per heavy atom. The van der Waals surface area contributed by atoms with E-state index in [-0.39, 0.29) is 0 Å². The van der Waals surface area contributed by atoms with Crippen LogP contribution < -0.4 is 0 Å². The third kappa shape index (κ3) is 6.76. The van der Waals surface area contributed by atoms with Gasteiger partial charge in [-0.2, -0.15) is 0 Å². The second-order valence-corrected chi connectivity index (χ2v) is 8.64. The van der Waals surface area contributed by atoms with Crippen molar-refractivity contribution in [1.82, 2.24) is 0 Å². The Labute approximate surface area is 180 Å². The molecule has 0 fully saturated rings. The van der Waals surface area contributed by atoms with Crippen molar-refractivity contribution in [1.29, 1.82) is 0 Å². The van der Waals surface area contributed by atoms with E-state index in [0.29, 0.717) is 11.8 Å². The smallest absolute Gasteiger partial charge is 0.0345 e. The van der Waals surface area contributed by atoms with Crippen LogP contribution in [0.5, 0.6) is 0 Å². The van der Waals surface area contributed by atoms with Gasteiger partial charge < -0.3 is 0 Å². The van der Waals surface area contributed by atoms with E-state index >= 15 is 0 Å². The molecule has 0 saturated carbocycles. The monoisotopic (exact) mass is 412 g/mol. The zero-order chi connectivity index (χ0) is 21.1. The molecule has 0 N–H and O–H groups in total. The predicted octanol–water partition coefficient (Wildman–Crippen LogP) is 10.1. The summed E-state index contributed by atoms with van der Waals surface area (Å²) < 4.78 is 2.79. The van der Waals surface area contributed by atoms with Gasteiger partial charge in [-0.1, -0.05) is 79.7 Å². The Morgan fingerprint density at radius 3 is 1.64 bits per heavy atom. The number of hydrogen-bond acceptors (Lipinski definition) is 2. The minimum atomic E-state index is 0.634. The Kier molecular flexibility index (Phi) is 11.1. The van der Waals surface area contributed by atoms with Crippen LogP contribution in [0.4, 0.5) is 0 Å². The van der Waals surface area contributed by atoms with Crippen LogP contribution in [0, 0.1) is 0 Å². The topological polar surface area (TPSA) is 0 Å². The maximum absolute atomic E-state index is 2.30. The van der Waals surface area contributed by atoms with Crippen LogP contribution in [0.25, 0.3) is 20.2 Å². The predicted molar refractivity (Wildman–Crippen MR) is 135 cm³/mol. The minimum Gasteiger partial charge on any atom is -0.144 e. The molecular formula is C26H36S2. The first-order valence-corrected chi connectivity index (χ1v) is 12.2. The Hall–Kier alpha value is -1.64. The van der Waals surface area contributed by atoms with Crippen LogP contribution in [0.2, 0.25) is 0 Å². The van der Waals surface area contributed by atoms with E-state index in [9.17, 15) is 0 Å². The Bertz CT molecular complexity index is 848. The summed E-state index contributed by atoms with van der Waals surface area (Å²) in [6.07, 6.45) is 0. The molecule has 4 aromatic rings. The van der Waals surface area contributed by atoms with Crippen molar-refractivity contribution in [3.63, 3.8) is 0 Å². The van der Waals surface area contributed by atoms with E-state index < -0.39 is 0 Å². The fourth-order valence-electron chi connectivity index (χ4n) is 2.67. The molecule has 152 valence electrons. The van der Waals surface area contributed by atoms with Crippen molar-refractivity contribution in [2.45, 2.75) is 67.2 Å². The van der Waals surface area contributed by atoms with Gasteiger partial charge in [0.05, 0.1) is 0 Å². The summed E-state index contributed by atoms with van der Waals surface area (Å²) >= 11 is 3.63. The van der Waals surface area contributed by atoms with Gasteiger partial charge in [0, 0.05) is 9.40 Å². The van der Waals surface area contributed by atoms with E-state index in [2.05, 4.69) is 87.0 Å². The van der Waals surface area contributed by atoms with Gasteiger partial charge in [0.2, 0.25) is 0 Å². The van der Waals surface area contributed by atoms with Gasteiger partial charge in [0.25, 0.3) is 0 Å². The normalized spacial score (nSPS) is 10.1. The van der Waals surface area contributed by atoms with Crippen LogP contribution in [0.15, 0.2) is 59.3 Å². The van der Waals surface area contributed by atoms with Gasteiger partial charge in [0.15, 0.2) is 0 Å². The molecule has 0 saturated heterocycles. The third-order valence-electron chi connectivity index (χ3n) is 4.29. The second-order valence-electron chi connectivity index (χ2n) is 6.75. The van der Waals surface area contributed by atoms with E-state index in [1.165, 1.54) is 31.3 Å². The van der Waals surface area contributed by atoms with Crippen LogP contribution in [0.1, 0.15) is 78.4 Å². The van der Waals surface area contributed by atoms with Crippen molar-refractivity contribution in [2.24, 2.45) is 0 Å². The highest BCUT2D eigenvalue weighted by molar-refractivity contribution is 7.17. The maximum Gasteiger partial charge on any atom is 0.0345 e. The molecule has 0 aliphatic heterocycles. The highest BCUT2D eigenvalue weighted by atomic mass is 32.1. The molecule has 0 spiro atoms. The molecule has 0 aliphatic rings. The minimum absolute atomic E-state index is 0.634. The molecule has 0 nitrogen and oxygen atoms in total. The highest BCUT2D eigenvalue weighted by Gasteiger charge is 2.01. The molecule has 0 atom stereocenters. The number of thiophene rings is 2. The summed E-state index contributed by atoms with van der Waals surface area (Å²) in [6, 6.07) is 17.8. The average Bonchev–Trinajstić information content (AvgIpc) is 3.39. The lowest BCUT2D eigenvalue weighted by Gasteiger charge is -2.03. The second kappa shape index (κ2) is 12.7. The Balaban J connectivity index is 0.000000238. The van der Waals surface area contributed by atoms with Crippen LogP contribution in [-0.4, -0.2) is 0 Å². The first-order chi connectivity index (χ1) is 13.5. The summed E-state index contributed by atoms with van der Waals surface area (Å²) in [4.78, 5) is 0. The molecule has 0 aliphatic carbocycles. The van der Waals surface area contributed by atoms with Gasteiger partial charge in [0.1, 0.15) is 0 Å². The van der Waals surface area contributed by atoms with Crippen molar-refractivity contribution < 1.29 is 0 Å². The largest absolute Gasteiger partial charge is 0.144 e. The van der Waals surface area contributed by atoms with Crippen LogP contribution in [-0.2, 0) is 0 Å². The fraction of sp³-hybridized carbons (Fsp3) is 0.385. The molecule has 28 heavy (non-hydrogen) atoms. The molecule has 4 rings (SSSR count). The first-order valence-electron chi connectivity index (χ1n) is 10.5. The molecule has 0 bridgehead atoms. The number of benzene rings is 2. The maximum atomic E-state index is 2.30. The van der Waals surface area contributed by atoms with Crippen molar-refractivity contribution in [3.8, 4) is 0 Å². The van der Waals surface area contributed by atoms with Crippen molar-refractivity contribution >= 4 is 42.8 Å². The summed E-state index contributed by atoms with van der Waals surface area (Å²) in [7, 11) is 0. The number of hydrogen-bond donors (Lipinski definition) is 0. The molecule has 0 radical (unpaired) electrons. The fourth-order valence-corrected chi connectivity index (χ4v) is 4.28. The zero-order valence-corrected chi connectivity index (χ0v) is 20.4. The average molecular weight is 413 g/mol. The third-order valence-corrected chi connectivity index (χ3v) is 6.07. The first kappa shape index (κ1) is 24.4. The van der Waals surface area contributed by atoms with E-state index in [0.717, 1.165) is 0 Å². The number of fused-ring (bicyclic) bond motifs is 2. The van der Waals surface area contributed by atoms with Crippen molar-refractivity contribution in [3.05, 3.63) is 70.4 Å². The summed E-state index contributed by atoms with van der Waals surface area (Å²) in [5, 5.41) is 7.04. The van der Waals surface area contributed by atoms with Gasteiger partial charge in [-0.15, -0.1) is 22.7 Å².